The summed E-state index contributed by atoms with van der Waals surface area (Å²) in [6.07, 6.45) is 0. The van der Waals surface area contributed by atoms with Crippen molar-refractivity contribution in [1.29, 1.82) is 5.26 Å². The zero-order valence-corrected chi connectivity index (χ0v) is 15.1. The van der Waals surface area contributed by atoms with Crippen LogP contribution in [-0.2, 0) is 11.3 Å². The predicted molar refractivity (Wildman–Crippen MR) is 101 cm³/mol. The molecule has 0 fully saturated rings. The molecule has 130 valence electrons. The fourth-order valence-corrected chi connectivity index (χ4v) is 3.43. The van der Waals surface area contributed by atoms with Gasteiger partial charge in [-0.15, -0.1) is 11.3 Å². The number of aromatic amines is 1. The standard InChI is InChI=1S/C19H16N4O2S/c1-12-16(8-15(9-20)18(25)21-12)17-11-26-19(22-17)23(13(2)24)10-14-6-4-3-5-7-14/h3-8,11H,10H2,1-2H3,(H,21,25). The SMILES string of the molecule is CC(=O)N(Cc1ccccc1)c1nc(-c2cc(C#N)c(=O)[nH]c2C)cs1. The number of rotatable bonds is 4. The summed E-state index contributed by atoms with van der Waals surface area (Å²) in [6, 6.07) is 13.1. The largest absolute Gasteiger partial charge is 0.325 e. The Labute approximate surface area is 154 Å². The second kappa shape index (κ2) is 7.33. The van der Waals surface area contributed by atoms with Gasteiger partial charge in [-0.1, -0.05) is 30.3 Å². The van der Waals surface area contributed by atoms with E-state index < -0.39 is 5.56 Å². The highest BCUT2D eigenvalue weighted by Crippen LogP contribution is 2.29. The Bertz CT molecular complexity index is 1050. The molecule has 26 heavy (non-hydrogen) atoms. The smallest absolute Gasteiger partial charge is 0.266 e. The topological polar surface area (TPSA) is 89.8 Å². The van der Waals surface area contributed by atoms with Crippen molar-refractivity contribution >= 4 is 22.4 Å². The first-order valence-electron chi connectivity index (χ1n) is 7.91. The number of H-pyrrole nitrogens is 1. The molecular weight excluding hydrogens is 348 g/mol. The summed E-state index contributed by atoms with van der Waals surface area (Å²) in [4.78, 5) is 32.6. The van der Waals surface area contributed by atoms with Crippen LogP contribution in [0.4, 0.5) is 5.13 Å². The molecule has 0 spiro atoms. The normalized spacial score (nSPS) is 10.3. The second-order valence-corrected chi connectivity index (χ2v) is 6.61. The van der Waals surface area contributed by atoms with Gasteiger partial charge in [0.1, 0.15) is 11.6 Å². The maximum atomic E-state index is 12.1. The number of anilines is 1. The van der Waals surface area contributed by atoms with Crippen LogP contribution in [0.2, 0.25) is 0 Å². The van der Waals surface area contributed by atoms with Crippen LogP contribution in [0.1, 0.15) is 23.7 Å². The Morgan fingerprint density at radius 3 is 2.73 bits per heavy atom. The maximum absolute atomic E-state index is 12.1. The van der Waals surface area contributed by atoms with Gasteiger partial charge in [0.25, 0.3) is 5.56 Å². The van der Waals surface area contributed by atoms with Crippen LogP contribution in [0.5, 0.6) is 0 Å². The molecule has 3 aromatic rings. The number of carbonyl (C=O) groups excluding carboxylic acids is 1. The lowest BCUT2D eigenvalue weighted by atomic mass is 10.1. The van der Waals surface area contributed by atoms with E-state index in [9.17, 15) is 9.59 Å². The van der Waals surface area contributed by atoms with Crippen molar-refractivity contribution in [3.05, 3.63) is 69.0 Å². The van der Waals surface area contributed by atoms with Crippen LogP contribution >= 0.6 is 11.3 Å². The molecule has 0 aliphatic heterocycles. The van der Waals surface area contributed by atoms with Crippen LogP contribution in [0.25, 0.3) is 11.3 Å². The number of hydrogen-bond donors (Lipinski definition) is 1. The van der Waals surface area contributed by atoms with Gasteiger partial charge >= 0.3 is 0 Å². The predicted octanol–water partition coefficient (Wildman–Crippen LogP) is 3.23. The zero-order chi connectivity index (χ0) is 18.7. The number of nitriles is 1. The third kappa shape index (κ3) is 3.55. The highest BCUT2D eigenvalue weighted by atomic mass is 32.1. The van der Waals surface area contributed by atoms with Gasteiger partial charge in [0.2, 0.25) is 5.91 Å². The van der Waals surface area contributed by atoms with Gasteiger partial charge in [0.15, 0.2) is 5.13 Å². The first-order chi connectivity index (χ1) is 12.5. The number of thiazole rings is 1. The average Bonchev–Trinajstić information content (AvgIpc) is 3.10. The van der Waals surface area contributed by atoms with Gasteiger partial charge in [-0.2, -0.15) is 5.26 Å². The first kappa shape index (κ1) is 17.6. The molecule has 1 aromatic carbocycles. The van der Waals surface area contributed by atoms with Crippen molar-refractivity contribution in [3.63, 3.8) is 0 Å². The molecule has 1 amide bonds. The Morgan fingerprint density at radius 2 is 2.08 bits per heavy atom. The van der Waals surface area contributed by atoms with Gasteiger partial charge in [0, 0.05) is 23.6 Å². The maximum Gasteiger partial charge on any atom is 0.266 e. The molecule has 0 saturated heterocycles. The van der Waals surface area contributed by atoms with Crippen LogP contribution in [0.15, 0.2) is 46.6 Å². The number of hydrogen-bond acceptors (Lipinski definition) is 5. The summed E-state index contributed by atoms with van der Waals surface area (Å²) in [5.41, 5.74) is 2.54. The lowest BCUT2D eigenvalue weighted by Crippen LogP contribution is -2.27. The number of carbonyl (C=O) groups is 1. The molecule has 0 aliphatic carbocycles. The molecule has 0 unspecified atom stereocenters. The quantitative estimate of drug-likeness (QED) is 0.769. The van der Waals surface area contributed by atoms with E-state index in [1.165, 1.54) is 24.3 Å². The molecule has 7 heteroatoms. The highest BCUT2D eigenvalue weighted by molar-refractivity contribution is 7.14. The van der Waals surface area contributed by atoms with Crippen LogP contribution in [0.3, 0.4) is 0 Å². The number of aromatic nitrogens is 2. The van der Waals surface area contributed by atoms with Gasteiger partial charge in [-0.3, -0.25) is 14.5 Å². The Balaban J connectivity index is 1.97. The van der Waals surface area contributed by atoms with Crippen molar-refractivity contribution < 1.29 is 4.79 Å². The van der Waals surface area contributed by atoms with Crippen molar-refractivity contribution in [2.45, 2.75) is 20.4 Å². The Hall–Kier alpha value is -3.24. The van der Waals surface area contributed by atoms with Gasteiger partial charge in [-0.05, 0) is 18.6 Å². The van der Waals surface area contributed by atoms with E-state index in [0.29, 0.717) is 28.6 Å². The van der Waals surface area contributed by atoms with E-state index in [1.54, 1.807) is 11.8 Å². The molecule has 0 bridgehead atoms. The number of nitrogens with one attached hydrogen (secondary N) is 1. The number of benzene rings is 1. The van der Waals surface area contributed by atoms with Gasteiger partial charge < -0.3 is 4.98 Å². The summed E-state index contributed by atoms with van der Waals surface area (Å²) in [5, 5.41) is 11.5. The number of aryl methyl sites for hydroxylation is 1. The lowest BCUT2D eigenvalue weighted by molar-refractivity contribution is -0.116. The fourth-order valence-electron chi connectivity index (χ4n) is 2.56. The van der Waals surface area contributed by atoms with Crippen LogP contribution < -0.4 is 10.5 Å². The van der Waals surface area contributed by atoms with Crippen molar-refractivity contribution in [1.82, 2.24) is 9.97 Å². The number of nitrogens with zero attached hydrogens (tertiary/aromatic N) is 3. The fraction of sp³-hybridized carbons (Fsp3) is 0.158. The molecule has 6 nitrogen and oxygen atoms in total. The van der Waals surface area contributed by atoms with E-state index in [1.807, 2.05) is 41.8 Å². The molecule has 0 saturated carbocycles. The zero-order valence-electron chi connectivity index (χ0n) is 14.3. The van der Waals surface area contributed by atoms with Gasteiger partial charge in [0.05, 0.1) is 12.2 Å². The Kier molecular flexibility index (Phi) is 4.96. The molecule has 0 aliphatic rings. The van der Waals surface area contributed by atoms with E-state index in [2.05, 4.69) is 9.97 Å². The van der Waals surface area contributed by atoms with Crippen molar-refractivity contribution in [2.24, 2.45) is 0 Å². The molecule has 2 aromatic heterocycles. The van der Waals surface area contributed by atoms with Crippen LogP contribution in [0, 0.1) is 18.3 Å². The third-order valence-corrected chi connectivity index (χ3v) is 4.78. The summed E-state index contributed by atoms with van der Waals surface area (Å²) in [6.45, 7) is 3.68. The number of pyridine rings is 1. The highest BCUT2D eigenvalue weighted by Gasteiger charge is 2.18. The summed E-state index contributed by atoms with van der Waals surface area (Å²) in [7, 11) is 0. The van der Waals surface area contributed by atoms with E-state index >= 15 is 0 Å². The first-order valence-corrected chi connectivity index (χ1v) is 8.79. The number of amides is 1. The summed E-state index contributed by atoms with van der Waals surface area (Å²) in [5.74, 6) is -0.106. The average molecular weight is 364 g/mol. The second-order valence-electron chi connectivity index (χ2n) is 5.77. The minimum atomic E-state index is -0.418. The molecule has 0 radical (unpaired) electrons. The summed E-state index contributed by atoms with van der Waals surface area (Å²) < 4.78 is 0. The van der Waals surface area contributed by atoms with Crippen molar-refractivity contribution in [2.75, 3.05) is 4.90 Å². The third-order valence-electron chi connectivity index (χ3n) is 3.92. The minimum Gasteiger partial charge on any atom is -0.325 e. The Morgan fingerprint density at radius 1 is 1.35 bits per heavy atom. The molecule has 2 heterocycles. The molecule has 0 atom stereocenters. The molecule has 1 N–H and O–H groups in total. The van der Waals surface area contributed by atoms with Gasteiger partial charge in [-0.25, -0.2) is 4.98 Å². The lowest BCUT2D eigenvalue weighted by Gasteiger charge is -2.17. The van der Waals surface area contributed by atoms with E-state index in [0.717, 1.165) is 5.56 Å². The van der Waals surface area contributed by atoms with E-state index in [-0.39, 0.29) is 11.5 Å². The molecular formula is C19H16N4O2S. The summed E-state index contributed by atoms with van der Waals surface area (Å²) >= 11 is 1.35. The minimum absolute atomic E-state index is 0.0351. The molecule has 3 rings (SSSR count). The van der Waals surface area contributed by atoms with E-state index in [4.69, 9.17) is 5.26 Å². The monoisotopic (exact) mass is 364 g/mol. The van der Waals surface area contributed by atoms with Crippen LogP contribution in [-0.4, -0.2) is 15.9 Å². The van der Waals surface area contributed by atoms with Crippen molar-refractivity contribution in [3.8, 4) is 17.3 Å².